The van der Waals surface area contributed by atoms with Gasteiger partial charge in [0.05, 0.1) is 6.04 Å². The lowest BCUT2D eigenvalue weighted by atomic mass is 10.2. The number of nitrogens with one attached hydrogen (secondary N) is 2. The van der Waals surface area contributed by atoms with Gasteiger partial charge in [-0.3, -0.25) is 4.79 Å². The summed E-state index contributed by atoms with van der Waals surface area (Å²) in [4.78, 5) is 11.3. The Hall–Kier alpha value is -0.610. The zero-order valence-corrected chi connectivity index (χ0v) is 7.31. The summed E-state index contributed by atoms with van der Waals surface area (Å²) in [5, 5.41) is 5.98. The Morgan fingerprint density at radius 1 is 1.67 bits per heavy atom. The van der Waals surface area contributed by atoms with Crippen LogP contribution in [-0.4, -0.2) is 31.6 Å². The molecule has 1 aliphatic rings. The molecule has 1 rings (SSSR count). The molecule has 1 amide bonds. The number of rotatable bonds is 4. The van der Waals surface area contributed by atoms with E-state index in [0.717, 1.165) is 25.8 Å². The first-order chi connectivity index (χ1) is 5.84. The first-order valence-electron chi connectivity index (χ1n) is 4.56. The van der Waals surface area contributed by atoms with Crippen LogP contribution >= 0.6 is 0 Å². The molecule has 1 heterocycles. The summed E-state index contributed by atoms with van der Waals surface area (Å²) >= 11 is 0. The quantitative estimate of drug-likeness (QED) is 0.485. The molecule has 0 aromatic rings. The van der Waals surface area contributed by atoms with Gasteiger partial charge in [-0.15, -0.1) is 0 Å². The van der Waals surface area contributed by atoms with Crippen molar-refractivity contribution in [3.8, 4) is 0 Å². The van der Waals surface area contributed by atoms with Crippen LogP contribution in [0.5, 0.6) is 0 Å². The molecule has 0 unspecified atom stereocenters. The standard InChI is InChI=1S/C8H17N3O/c9-4-2-6-11-8(12)7-3-1-5-10-7/h7,10H,1-6,9H2,(H,11,12)/t7-/m1/s1. The van der Waals surface area contributed by atoms with Gasteiger partial charge in [-0.05, 0) is 32.4 Å². The van der Waals surface area contributed by atoms with Gasteiger partial charge in [0.2, 0.25) is 5.91 Å². The second kappa shape index (κ2) is 5.11. The van der Waals surface area contributed by atoms with Crippen molar-refractivity contribution in [3.05, 3.63) is 0 Å². The van der Waals surface area contributed by atoms with Crippen molar-refractivity contribution < 1.29 is 4.79 Å². The van der Waals surface area contributed by atoms with E-state index in [2.05, 4.69) is 10.6 Å². The van der Waals surface area contributed by atoms with E-state index < -0.39 is 0 Å². The molecular formula is C8H17N3O. The summed E-state index contributed by atoms with van der Waals surface area (Å²) in [7, 11) is 0. The number of nitrogens with two attached hydrogens (primary N) is 1. The minimum Gasteiger partial charge on any atom is -0.355 e. The second-order valence-corrected chi connectivity index (χ2v) is 3.08. The number of amides is 1. The zero-order chi connectivity index (χ0) is 8.81. The van der Waals surface area contributed by atoms with Gasteiger partial charge in [0.25, 0.3) is 0 Å². The maximum absolute atomic E-state index is 11.3. The van der Waals surface area contributed by atoms with Crippen molar-refractivity contribution in [2.24, 2.45) is 5.73 Å². The van der Waals surface area contributed by atoms with Crippen molar-refractivity contribution in [1.29, 1.82) is 0 Å². The van der Waals surface area contributed by atoms with Gasteiger partial charge in [0.15, 0.2) is 0 Å². The van der Waals surface area contributed by atoms with Gasteiger partial charge in [-0.1, -0.05) is 0 Å². The fraction of sp³-hybridized carbons (Fsp3) is 0.875. The van der Waals surface area contributed by atoms with E-state index in [-0.39, 0.29) is 11.9 Å². The Bertz CT molecular complexity index is 143. The summed E-state index contributed by atoms with van der Waals surface area (Å²) in [5.74, 6) is 0.126. The van der Waals surface area contributed by atoms with Crippen LogP contribution in [0.15, 0.2) is 0 Å². The molecule has 0 aliphatic carbocycles. The highest BCUT2D eigenvalue weighted by molar-refractivity contribution is 5.81. The lowest BCUT2D eigenvalue weighted by Crippen LogP contribution is -2.41. The summed E-state index contributed by atoms with van der Waals surface area (Å²) in [6.45, 7) is 2.31. The molecule has 4 nitrogen and oxygen atoms in total. The topological polar surface area (TPSA) is 67.1 Å². The third-order valence-corrected chi connectivity index (χ3v) is 2.06. The van der Waals surface area contributed by atoms with Crippen molar-refractivity contribution >= 4 is 5.91 Å². The number of hydrogen-bond acceptors (Lipinski definition) is 3. The summed E-state index contributed by atoms with van der Waals surface area (Å²) in [5.41, 5.74) is 5.30. The van der Waals surface area contributed by atoms with Crippen molar-refractivity contribution in [1.82, 2.24) is 10.6 Å². The predicted molar refractivity (Wildman–Crippen MR) is 47.7 cm³/mol. The van der Waals surface area contributed by atoms with E-state index in [9.17, 15) is 4.79 Å². The number of carbonyl (C=O) groups excluding carboxylic acids is 1. The van der Waals surface area contributed by atoms with Crippen LogP contribution in [0, 0.1) is 0 Å². The average Bonchev–Trinajstić information content (AvgIpc) is 2.56. The van der Waals surface area contributed by atoms with Gasteiger partial charge in [0.1, 0.15) is 0 Å². The third kappa shape index (κ3) is 2.79. The smallest absolute Gasteiger partial charge is 0.237 e. The van der Waals surface area contributed by atoms with E-state index in [4.69, 9.17) is 5.73 Å². The average molecular weight is 171 g/mol. The molecule has 0 saturated carbocycles. The fourth-order valence-electron chi connectivity index (χ4n) is 1.35. The lowest BCUT2D eigenvalue weighted by Gasteiger charge is -2.09. The van der Waals surface area contributed by atoms with Crippen LogP contribution in [0.25, 0.3) is 0 Å². The van der Waals surface area contributed by atoms with Gasteiger partial charge < -0.3 is 16.4 Å². The summed E-state index contributed by atoms with van der Waals surface area (Å²) in [6.07, 6.45) is 2.93. The zero-order valence-electron chi connectivity index (χ0n) is 7.31. The van der Waals surface area contributed by atoms with Crippen LogP contribution in [0.1, 0.15) is 19.3 Å². The molecule has 0 aromatic carbocycles. The summed E-state index contributed by atoms with van der Waals surface area (Å²) < 4.78 is 0. The van der Waals surface area contributed by atoms with Crippen LogP contribution in [-0.2, 0) is 4.79 Å². The fourth-order valence-corrected chi connectivity index (χ4v) is 1.35. The SMILES string of the molecule is NCCCNC(=O)[C@H]1CCCN1. The predicted octanol–water partition coefficient (Wildman–Crippen LogP) is -0.797. The van der Waals surface area contributed by atoms with E-state index in [1.54, 1.807) is 0 Å². The molecule has 1 saturated heterocycles. The lowest BCUT2D eigenvalue weighted by molar-refractivity contribution is -0.122. The first kappa shape index (κ1) is 9.48. The molecule has 0 bridgehead atoms. The highest BCUT2D eigenvalue weighted by Crippen LogP contribution is 2.03. The van der Waals surface area contributed by atoms with Gasteiger partial charge in [-0.2, -0.15) is 0 Å². The minimum absolute atomic E-state index is 0.0442. The van der Waals surface area contributed by atoms with Gasteiger partial charge >= 0.3 is 0 Å². The third-order valence-electron chi connectivity index (χ3n) is 2.06. The van der Waals surface area contributed by atoms with Gasteiger partial charge in [-0.25, -0.2) is 0 Å². The maximum atomic E-state index is 11.3. The largest absolute Gasteiger partial charge is 0.355 e. The highest BCUT2D eigenvalue weighted by Gasteiger charge is 2.20. The van der Waals surface area contributed by atoms with Crippen LogP contribution in [0.4, 0.5) is 0 Å². The first-order valence-corrected chi connectivity index (χ1v) is 4.56. The van der Waals surface area contributed by atoms with Crippen LogP contribution in [0.2, 0.25) is 0 Å². The van der Waals surface area contributed by atoms with Crippen molar-refractivity contribution in [2.75, 3.05) is 19.6 Å². The van der Waals surface area contributed by atoms with Crippen molar-refractivity contribution in [3.63, 3.8) is 0 Å². The Morgan fingerprint density at radius 2 is 2.50 bits per heavy atom. The van der Waals surface area contributed by atoms with E-state index in [0.29, 0.717) is 13.1 Å². The van der Waals surface area contributed by atoms with Crippen LogP contribution in [0.3, 0.4) is 0 Å². The molecule has 0 spiro atoms. The molecule has 4 N–H and O–H groups in total. The summed E-state index contributed by atoms with van der Waals surface area (Å²) in [6, 6.07) is 0.0442. The number of carbonyl (C=O) groups is 1. The van der Waals surface area contributed by atoms with E-state index in [1.165, 1.54) is 0 Å². The molecule has 1 aliphatic heterocycles. The molecular weight excluding hydrogens is 154 g/mol. The van der Waals surface area contributed by atoms with Crippen LogP contribution < -0.4 is 16.4 Å². The minimum atomic E-state index is 0.0442. The van der Waals surface area contributed by atoms with E-state index in [1.807, 2.05) is 0 Å². The molecule has 12 heavy (non-hydrogen) atoms. The Morgan fingerprint density at radius 3 is 3.08 bits per heavy atom. The molecule has 1 atom stereocenters. The van der Waals surface area contributed by atoms with Crippen molar-refractivity contribution in [2.45, 2.75) is 25.3 Å². The maximum Gasteiger partial charge on any atom is 0.237 e. The monoisotopic (exact) mass is 171 g/mol. The molecule has 1 fully saturated rings. The molecule has 70 valence electrons. The Balaban J connectivity index is 2.10. The number of hydrogen-bond donors (Lipinski definition) is 3. The normalized spacial score (nSPS) is 22.6. The van der Waals surface area contributed by atoms with E-state index >= 15 is 0 Å². The second-order valence-electron chi connectivity index (χ2n) is 3.08. The molecule has 0 aromatic heterocycles. The Labute approximate surface area is 72.9 Å². The molecule has 0 radical (unpaired) electrons. The molecule has 4 heteroatoms. The highest BCUT2D eigenvalue weighted by atomic mass is 16.2. The van der Waals surface area contributed by atoms with Gasteiger partial charge in [0, 0.05) is 6.54 Å². The Kier molecular flexibility index (Phi) is 4.04.